The van der Waals surface area contributed by atoms with Crippen molar-refractivity contribution in [3.8, 4) is 11.5 Å². The largest absolute Gasteiger partial charge is 0.493 e. The molecule has 3 aromatic carbocycles. The minimum absolute atomic E-state index is 0.164. The fourth-order valence-corrected chi connectivity index (χ4v) is 2.85. The van der Waals surface area contributed by atoms with Crippen LogP contribution in [0.1, 0.15) is 15.9 Å². The van der Waals surface area contributed by atoms with Crippen molar-refractivity contribution in [3.05, 3.63) is 87.9 Å². The van der Waals surface area contributed by atoms with Gasteiger partial charge in [0.05, 0.1) is 28.9 Å². The fraction of sp³-hybridized carbons (Fsp3) is 0.0435. The van der Waals surface area contributed by atoms with E-state index in [0.29, 0.717) is 16.3 Å². The molecule has 0 bridgehead atoms. The second-order valence-corrected chi connectivity index (χ2v) is 7.26. The second-order valence-electron chi connectivity index (χ2n) is 6.45. The number of nitrogens with one attached hydrogen (secondary N) is 2. The van der Waals surface area contributed by atoms with Crippen LogP contribution in [0.15, 0.2) is 71.8 Å². The molecule has 0 heterocycles. The van der Waals surface area contributed by atoms with E-state index in [2.05, 4.69) is 15.8 Å². The van der Waals surface area contributed by atoms with E-state index in [1.54, 1.807) is 36.4 Å². The number of hydrazone groups is 1. The molecule has 0 spiro atoms. The number of anilines is 1. The molecule has 0 atom stereocenters. The summed E-state index contributed by atoms with van der Waals surface area (Å²) in [4.78, 5) is 36.1. The third-order valence-electron chi connectivity index (χ3n) is 4.16. The lowest BCUT2D eigenvalue weighted by Crippen LogP contribution is -2.32. The van der Waals surface area contributed by atoms with E-state index >= 15 is 0 Å². The van der Waals surface area contributed by atoms with E-state index in [4.69, 9.17) is 32.7 Å². The van der Waals surface area contributed by atoms with E-state index in [-0.39, 0.29) is 22.1 Å². The Labute approximate surface area is 199 Å². The summed E-state index contributed by atoms with van der Waals surface area (Å²) in [6.07, 6.45) is 1.31. The Hall–Kier alpha value is -3.88. The van der Waals surface area contributed by atoms with Crippen LogP contribution in [-0.2, 0) is 9.59 Å². The lowest BCUT2D eigenvalue weighted by Gasteiger charge is -2.10. The molecule has 0 aliphatic carbocycles. The number of hydrogen-bond donors (Lipinski definition) is 2. The van der Waals surface area contributed by atoms with Gasteiger partial charge in [0.2, 0.25) is 0 Å². The number of rotatable bonds is 6. The van der Waals surface area contributed by atoms with Gasteiger partial charge in [-0.1, -0.05) is 41.4 Å². The molecule has 168 valence electrons. The molecule has 3 rings (SSSR count). The number of hydrogen-bond acceptors (Lipinski definition) is 6. The van der Waals surface area contributed by atoms with Crippen molar-refractivity contribution in [2.24, 2.45) is 5.10 Å². The number of ether oxygens (including phenoxy) is 2. The quantitative estimate of drug-likeness (QED) is 0.178. The first-order chi connectivity index (χ1) is 15.9. The Kier molecular flexibility index (Phi) is 8.01. The molecule has 0 aliphatic rings. The van der Waals surface area contributed by atoms with Gasteiger partial charge < -0.3 is 14.8 Å². The predicted molar refractivity (Wildman–Crippen MR) is 125 cm³/mol. The molecule has 0 radical (unpaired) electrons. The minimum Gasteiger partial charge on any atom is -0.493 e. The van der Waals surface area contributed by atoms with Gasteiger partial charge in [-0.15, -0.1) is 0 Å². The maximum Gasteiger partial charge on any atom is 0.343 e. The molecule has 0 saturated carbocycles. The molecular formula is C23H17Cl2N3O5. The number of carbonyl (C=O) groups excluding carboxylic acids is 3. The molecule has 33 heavy (non-hydrogen) atoms. The van der Waals surface area contributed by atoms with Crippen molar-refractivity contribution in [3.63, 3.8) is 0 Å². The van der Waals surface area contributed by atoms with Crippen LogP contribution >= 0.6 is 23.2 Å². The summed E-state index contributed by atoms with van der Waals surface area (Å²) in [6.45, 7) is 0. The number of nitrogens with zero attached hydrogens (tertiary/aromatic N) is 1. The van der Waals surface area contributed by atoms with E-state index in [1.807, 2.05) is 0 Å². The highest BCUT2D eigenvalue weighted by atomic mass is 35.5. The van der Waals surface area contributed by atoms with Crippen LogP contribution in [0, 0.1) is 0 Å². The molecule has 0 unspecified atom stereocenters. The van der Waals surface area contributed by atoms with Crippen molar-refractivity contribution in [2.45, 2.75) is 0 Å². The molecule has 10 heteroatoms. The molecule has 8 nitrogen and oxygen atoms in total. The Bertz CT molecular complexity index is 1220. The molecule has 2 N–H and O–H groups in total. The van der Waals surface area contributed by atoms with Crippen molar-refractivity contribution < 1.29 is 23.9 Å². The Balaban J connectivity index is 1.62. The van der Waals surface area contributed by atoms with Gasteiger partial charge in [-0.25, -0.2) is 10.2 Å². The van der Waals surface area contributed by atoms with E-state index in [9.17, 15) is 14.4 Å². The van der Waals surface area contributed by atoms with Gasteiger partial charge in [0.25, 0.3) is 0 Å². The Morgan fingerprint density at radius 3 is 2.33 bits per heavy atom. The summed E-state index contributed by atoms with van der Waals surface area (Å²) < 4.78 is 10.6. The van der Waals surface area contributed by atoms with Crippen LogP contribution in [0.2, 0.25) is 10.0 Å². The average Bonchev–Trinajstić information content (AvgIpc) is 2.82. The highest BCUT2D eigenvalue weighted by molar-refractivity contribution is 6.42. The van der Waals surface area contributed by atoms with E-state index < -0.39 is 17.8 Å². The van der Waals surface area contributed by atoms with Crippen LogP contribution in [0.25, 0.3) is 0 Å². The van der Waals surface area contributed by atoms with Crippen molar-refractivity contribution >= 4 is 52.9 Å². The molecule has 2 amide bonds. The highest BCUT2D eigenvalue weighted by Crippen LogP contribution is 2.29. The number of methoxy groups -OCH3 is 1. The number of amides is 2. The topological polar surface area (TPSA) is 106 Å². The zero-order valence-electron chi connectivity index (χ0n) is 17.2. The first kappa shape index (κ1) is 23.8. The van der Waals surface area contributed by atoms with Gasteiger partial charge in [-0.3, -0.25) is 9.59 Å². The summed E-state index contributed by atoms with van der Waals surface area (Å²) >= 11 is 11.8. The van der Waals surface area contributed by atoms with Crippen molar-refractivity contribution in [1.82, 2.24) is 5.43 Å². The van der Waals surface area contributed by atoms with Gasteiger partial charge in [0.15, 0.2) is 11.5 Å². The molecular weight excluding hydrogens is 469 g/mol. The van der Waals surface area contributed by atoms with Crippen molar-refractivity contribution in [2.75, 3.05) is 12.4 Å². The van der Waals surface area contributed by atoms with Crippen molar-refractivity contribution in [1.29, 1.82) is 0 Å². The Morgan fingerprint density at radius 1 is 0.879 bits per heavy atom. The minimum atomic E-state index is -0.936. The fourth-order valence-electron chi connectivity index (χ4n) is 2.56. The zero-order valence-corrected chi connectivity index (χ0v) is 18.7. The van der Waals surface area contributed by atoms with Crippen LogP contribution in [0.4, 0.5) is 5.69 Å². The van der Waals surface area contributed by atoms with Crippen LogP contribution in [0.3, 0.4) is 0 Å². The maximum atomic E-state index is 12.4. The number of esters is 1. The smallest absolute Gasteiger partial charge is 0.343 e. The lowest BCUT2D eigenvalue weighted by atomic mass is 10.2. The normalized spacial score (nSPS) is 10.5. The third-order valence-corrected chi connectivity index (χ3v) is 4.90. The van der Waals surface area contributed by atoms with E-state index in [0.717, 1.165) is 0 Å². The summed E-state index contributed by atoms with van der Waals surface area (Å²) in [5.74, 6) is -2.03. The van der Waals surface area contributed by atoms with Crippen LogP contribution in [-0.4, -0.2) is 31.1 Å². The zero-order chi connectivity index (χ0) is 23.8. The van der Waals surface area contributed by atoms with Gasteiger partial charge in [-0.05, 0) is 54.1 Å². The third kappa shape index (κ3) is 6.55. The Morgan fingerprint density at radius 2 is 1.64 bits per heavy atom. The lowest BCUT2D eigenvalue weighted by molar-refractivity contribution is -0.136. The standard InChI is InChI=1S/C23H17Cl2N3O5/c1-32-20-11-14(13-26-28-22(30)21(29)27-16-5-3-2-4-6-16)7-10-19(20)33-23(31)15-8-9-17(24)18(25)12-15/h2-13H,1H3,(H,27,29)(H,28,30)/b26-13-. The number of carbonyl (C=O) groups is 3. The average molecular weight is 486 g/mol. The second kappa shape index (κ2) is 11.1. The highest BCUT2D eigenvalue weighted by Gasteiger charge is 2.15. The van der Waals surface area contributed by atoms with Crippen LogP contribution in [0.5, 0.6) is 11.5 Å². The van der Waals surface area contributed by atoms with Gasteiger partial charge in [0.1, 0.15) is 0 Å². The number of benzene rings is 3. The maximum absolute atomic E-state index is 12.4. The molecule has 0 fully saturated rings. The number of halogens is 2. The van der Waals surface area contributed by atoms with E-state index in [1.165, 1.54) is 43.7 Å². The number of para-hydroxylation sites is 1. The summed E-state index contributed by atoms with van der Waals surface area (Å²) in [7, 11) is 1.41. The SMILES string of the molecule is COc1cc(/C=N\NC(=O)C(=O)Nc2ccccc2)ccc1OC(=O)c1ccc(Cl)c(Cl)c1. The first-order valence-corrected chi connectivity index (χ1v) is 10.2. The van der Waals surface area contributed by atoms with Gasteiger partial charge in [-0.2, -0.15) is 5.10 Å². The predicted octanol–water partition coefficient (Wildman–Crippen LogP) is 4.31. The molecule has 0 saturated heterocycles. The summed E-state index contributed by atoms with van der Waals surface area (Å²) in [5.41, 5.74) is 3.35. The summed E-state index contributed by atoms with van der Waals surface area (Å²) in [5, 5.41) is 6.75. The molecule has 0 aromatic heterocycles. The monoisotopic (exact) mass is 485 g/mol. The first-order valence-electron chi connectivity index (χ1n) is 9.42. The van der Waals surface area contributed by atoms with Gasteiger partial charge in [0, 0.05) is 5.69 Å². The van der Waals surface area contributed by atoms with Crippen LogP contribution < -0.4 is 20.2 Å². The van der Waals surface area contributed by atoms with Gasteiger partial charge >= 0.3 is 17.8 Å². The molecule has 3 aromatic rings. The summed E-state index contributed by atoms with van der Waals surface area (Å²) in [6, 6.07) is 17.5. The molecule has 0 aliphatic heterocycles.